The van der Waals surface area contributed by atoms with Crippen molar-refractivity contribution >= 4 is 31.6 Å². The number of nitrogens with one attached hydrogen (secondary N) is 1. The highest BCUT2D eigenvalue weighted by Crippen LogP contribution is 2.24. The molecule has 7 heteroatoms. The molecule has 1 aromatic heterocycles. The van der Waals surface area contributed by atoms with Gasteiger partial charge in [0.2, 0.25) is 10.0 Å². The van der Waals surface area contributed by atoms with Gasteiger partial charge in [-0.05, 0) is 59.6 Å². The van der Waals surface area contributed by atoms with Crippen LogP contribution in [0.5, 0.6) is 0 Å². The molecule has 0 radical (unpaired) electrons. The van der Waals surface area contributed by atoms with Crippen molar-refractivity contribution in [1.29, 1.82) is 0 Å². The van der Waals surface area contributed by atoms with Gasteiger partial charge in [-0.1, -0.05) is 0 Å². The number of furan rings is 1. The van der Waals surface area contributed by atoms with Crippen molar-refractivity contribution in [3.8, 4) is 0 Å². The topological polar surface area (TPSA) is 85.3 Å². The van der Waals surface area contributed by atoms with E-state index in [0.717, 1.165) is 5.76 Å². The Bertz CT molecular complexity index is 699. The Hall–Kier alpha value is -1.31. The fraction of sp³-hybridized carbons (Fsp3) is 0.286. The molecule has 0 fully saturated rings. The Labute approximate surface area is 132 Å². The number of benzene rings is 1. The Morgan fingerprint density at radius 1 is 1.38 bits per heavy atom. The van der Waals surface area contributed by atoms with Crippen LogP contribution in [0.4, 0.5) is 5.69 Å². The zero-order valence-corrected chi connectivity index (χ0v) is 13.9. The van der Waals surface area contributed by atoms with Gasteiger partial charge in [-0.2, -0.15) is 0 Å². The first kappa shape index (κ1) is 16.1. The number of aryl methyl sites for hydroxylation is 1. The lowest BCUT2D eigenvalue weighted by molar-refractivity contribution is 0.480. The maximum Gasteiger partial charge on any atom is 0.241 e. The van der Waals surface area contributed by atoms with Crippen LogP contribution in [0.25, 0.3) is 0 Å². The SMILES string of the molecule is CC(CCc1ccco1)NS(=O)(=O)c1ccc(N)cc1Br. The molecule has 1 heterocycles. The highest BCUT2D eigenvalue weighted by atomic mass is 79.9. The first-order valence-electron chi connectivity index (χ1n) is 6.48. The minimum atomic E-state index is -3.58. The third kappa shape index (κ3) is 4.33. The predicted octanol–water partition coefficient (Wildman–Crippen LogP) is 2.92. The molecule has 0 spiro atoms. The molecule has 1 unspecified atom stereocenters. The lowest BCUT2D eigenvalue weighted by Gasteiger charge is -2.14. The molecule has 1 aromatic carbocycles. The summed E-state index contributed by atoms with van der Waals surface area (Å²) in [5.41, 5.74) is 6.12. The van der Waals surface area contributed by atoms with Gasteiger partial charge in [0.1, 0.15) is 5.76 Å². The standard InChI is InChI=1S/C14H17BrN2O3S/c1-10(4-6-12-3-2-8-20-12)17-21(18,19)14-7-5-11(16)9-13(14)15/h2-3,5,7-10,17H,4,6,16H2,1H3. The summed E-state index contributed by atoms with van der Waals surface area (Å²) in [6.07, 6.45) is 2.94. The number of nitrogens with two attached hydrogens (primary N) is 1. The van der Waals surface area contributed by atoms with Crippen molar-refractivity contribution in [3.05, 3.63) is 46.8 Å². The third-order valence-corrected chi connectivity index (χ3v) is 5.57. The number of halogens is 1. The van der Waals surface area contributed by atoms with Gasteiger partial charge < -0.3 is 10.2 Å². The van der Waals surface area contributed by atoms with Gasteiger partial charge in [0.15, 0.2) is 0 Å². The predicted molar refractivity (Wildman–Crippen MR) is 85.4 cm³/mol. The summed E-state index contributed by atoms with van der Waals surface area (Å²) >= 11 is 3.23. The fourth-order valence-corrected chi connectivity index (χ4v) is 4.31. The average molecular weight is 373 g/mol. The molecule has 0 aliphatic rings. The summed E-state index contributed by atoms with van der Waals surface area (Å²) in [4.78, 5) is 0.182. The summed E-state index contributed by atoms with van der Waals surface area (Å²) < 4.78 is 33.0. The van der Waals surface area contributed by atoms with Crippen LogP contribution in [0.15, 0.2) is 50.4 Å². The molecule has 1 atom stereocenters. The Morgan fingerprint density at radius 2 is 2.14 bits per heavy atom. The molecule has 5 nitrogen and oxygen atoms in total. The third-order valence-electron chi connectivity index (χ3n) is 3.01. The first-order valence-corrected chi connectivity index (χ1v) is 8.76. The van der Waals surface area contributed by atoms with Crippen molar-refractivity contribution in [2.24, 2.45) is 0 Å². The molecule has 0 saturated carbocycles. The Balaban J connectivity index is 2.02. The van der Waals surface area contributed by atoms with E-state index in [-0.39, 0.29) is 10.9 Å². The zero-order chi connectivity index (χ0) is 15.5. The van der Waals surface area contributed by atoms with Gasteiger partial charge in [0.05, 0.1) is 11.2 Å². The minimum absolute atomic E-state index is 0.182. The van der Waals surface area contributed by atoms with E-state index in [0.29, 0.717) is 23.0 Å². The van der Waals surface area contributed by atoms with Crippen LogP contribution < -0.4 is 10.5 Å². The molecular weight excluding hydrogens is 356 g/mol. The molecule has 2 rings (SSSR count). The number of rotatable bonds is 6. The van der Waals surface area contributed by atoms with E-state index < -0.39 is 10.0 Å². The summed E-state index contributed by atoms with van der Waals surface area (Å²) in [6, 6.07) is 8.10. The lowest BCUT2D eigenvalue weighted by atomic mass is 10.2. The lowest BCUT2D eigenvalue weighted by Crippen LogP contribution is -2.33. The van der Waals surface area contributed by atoms with E-state index in [1.54, 1.807) is 18.4 Å². The van der Waals surface area contributed by atoms with E-state index >= 15 is 0 Å². The monoisotopic (exact) mass is 372 g/mol. The molecule has 2 aromatic rings. The van der Waals surface area contributed by atoms with Gasteiger partial charge in [-0.3, -0.25) is 0 Å². The fourth-order valence-electron chi connectivity index (χ4n) is 1.94. The maximum absolute atomic E-state index is 12.3. The molecule has 3 N–H and O–H groups in total. The van der Waals surface area contributed by atoms with Crippen LogP contribution in [0.2, 0.25) is 0 Å². The van der Waals surface area contributed by atoms with E-state index in [2.05, 4.69) is 20.7 Å². The molecule has 0 amide bonds. The molecule has 114 valence electrons. The maximum atomic E-state index is 12.3. The van der Waals surface area contributed by atoms with E-state index in [1.807, 2.05) is 19.1 Å². The van der Waals surface area contributed by atoms with Gasteiger partial charge in [0, 0.05) is 22.6 Å². The van der Waals surface area contributed by atoms with Crippen molar-refractivity contribution in [1.82, 2.24) is 4.72 Å². The van der Waals surface area contributed by atoms with E-state index in [4.69, 9.17) is 10.2 Å². The van der Waals surface area contributed by atoms with Crippen molar-refractivity contribution in [2.45, 2.75) is 30.7 Å². The molecule has 0 aliphatic carbocycles. The van der Waals surface area contributed by atoms with Gasteiger partial charge >= 0.3 is 0 Å². The van der Waals surface area contributed by atoms with Crippen LogP contribution in [0.3, 0.4) is 0 Å². The van der Waals surface area contributed by atoms with Crippen LogP contribution in [-0.2, 0) is 16.4 Å². The van der Waals surface area contributed by atoms with Crippen molar-refractivity contribution in [2.75, 3.05) is 5.73 Å². The Morgan fingerprint density at radius 3 is 2.76 bits per heavy atom. The second-order valence-electron chi connectivity index (χ2n) is 4.83. The summed E-state index contributed by atoms with van der Waals surface area (Å²) in [6.45, 7) is 1.83. The number of hydrogen-bond donors (Lipinski definition) is 2. The van der Waals surface area contributed by atoms with Crippen LogP contribution in [-0.4, -0.2) is 14.5 Å². The number of anilines is 1. The summed E-state index contributed by atoms with van der Waals surface area (Å²) in [5, 5.41) is 0. The van der Waals surface area contributed by atoms with Crippen molar-refractivity contribution < 1.29 is 12.8 Å². The average Bonchev–Trinajstić information content (AvgIpc) is 2.88. The largest absolute Gasteiger partial charge is 0.469 e. The highest BCUT2D eigenvalue weighted by Gasteiger charge is 2.20. The molecule has 0 saturated heterocycles. The zero-order valence-electron chi connectivity index (χ0n) is 11.5. The van der Waals surface area contributed by atoms with Gasteiger partial charge in [0.25, 0.3) is 0 Å². The van der Waals surface area contributed by atoms with Crippen LogP contribution in [0.1, 0.15) is 19.1 Å². The normalized spacial score (nSPS) is 13.2. The Kier molecular flexibility index (Phi) is 5.08. The number of nitrogen functional groups attached to an aromatic ring is 1. The van der Waals surface area contributed by atoms with E-state index in [9.17, 15) is 8.42 Å². The molecule has 0 aliphatic heterocycles. The molecule has 21 heavy (non-hydrogen) atoms. The smallest absolute Gasteiger partial charge is 0.241 e. The van der Waals surface area contributed by atoms with Gasteiger partial charge in [-0.15, -0.1) is 0 Å². The summed E-state index contributed by atoms with van der Waals surface area (Å²) in [5.74, 6) is 0.842. The second kappa shape index (κ2) is 6.64. The summed E-state index contributed by atoms with van der Waals surface area (Å²) in [7, 11) is -3.58. The van der Waals surface area contributed by atoms with Crippen molar-refractivity contribution in [3.63, 3.8) is 0 Å². The number of hydrogen-bond acceptors (Lipinski definition) is 4. The second-order valence-corrected chi connectivity index (χ2v) is 7.37. The minimum Gasteiger partial charge on any atom is -0.469 e. The van der Waals surface area contributed by atoms with Gasteiger partial charge in [-0.25, -0.2) is 13.1 Å². The highest BCUT2D eigenvalue weighted by molar-refractivity contribution is 9.10. The van der Waals surface area contributed by atoms with Crippen LogP contribution in [0, 0.1) is 0 Å². The van der Waals surface area contributed by atoms with Crippen LogP contribution >= 0.6 is 15.9 Å². The first-order chi connectivity index (χ1) is 9.88. The quantitative estimate of drug-likeness (QED) is 0.763. The molecule has 0 bridgehead atoms. The molecular formula is C14H17BrN2O3S. The number of sulfonamides is 1. The van der Waals surface area contributed by atoms with E-state index in [1.165, 1.54) is 6.07 Å².